The molecule has 0 unspecified atom stereocenters. The zero-order valence-electron chi connectivity index (χ0n) is 15.6. The van der Waals surface area contributed by atoms with Crippen molar-refractivity contribution in [2.45, 2.75) is 0 Å². The van der Waals surface area contributed by atoms with Crippen LogP contribution < -0.4 is 19.9 Å². The summed E-state index contributed by atoms with van der Waals surface area (Å²) in [6, 6.07) is 9.27. The van der Waals surface area contributed by atoms with Crippen LogP contribution in [0.3, 0.4) is 0 Å². The van der Waals surface area contributed by atoms with Crippen LogP contribution in [0.15, 0.2) is 36.4 Å². The van der Waals surface area contributed by atoms with Gasteiger partial charge in [0.15, 0.2) is 11.6 Å². The summed E-state index contributed by atoms with van der Waals surface area (Å²) in [7, 11) is 2.89. The molecule has 0 aromatic heterocycles. The summed E-state index contributed by atoms with van der Waals surface area (Å²) >= 11 is 0. The number of carbonyl (C=O) groups excluding carboxylic acids is 1. The quantitative estimate of drug-likeness (QED) is 0.625. The van der Waals surface area contributed by atoms with Crippen molar-refractivity contribution in [3.05, 3.63) is 57.9 Å². The molecular weight excluding hydrogens is 367 g/mol. The average molecular weight is 388 g/mol. The van der Waals surface area contributed by atoms with Gasteiger partial charge in [-0.3, -0.25) is 14.9 Å². The van der Waals surface area contributed by atoms with E-state index in [0.29, 0.717) is 31.9 Å². The van der Waals surface area contributed by atoms with E-state index >= 15 is 0 Å². The number of benzene rings is 2. The zero-order valence-corrected chi connectivity index (χ0v) is 15.6. The van der Waals surface area contributed by atoms with Gasteiger partial charge in [0.2, 0.25) is 0 Å². The van der Waals surface area contributed by atoms with Crippen LogP contribution in [0.1, 0.15) is 10.4 Å². The number of anilines is 2. The summed E-state index contributed by atoms with van der Waals surface area (Å²) in [5.41, 5.74) is 1.34. The normalized spacial score (nSPS) is 14.0. The lowest BCUT2D eigenvalue weighted by Gasteiger charge is -2.37. The van der Waals surface area contributed by atoms with Crippen LogP contribution in [0.25, 0.3) is 0 Å². The van der Waals surface area contributed by atoms with Crippen molar-refractivity contribution in [3.63, 3.8) is 0 Å². The van der Waals surface area contributed by atoms with Crippen molar-refractivity contribution in [3.8, 4) is 5.75 Å². The summed E-state index contributed by atoms with van der Waals surface area (Å²) in [6.45, 7) is 2.24. The molecule has 1 fully saturated rings. The molecule has 1 aliphatic rings. The van der Waals surface area contributed by atoms with E-state index in [1.807, 2.05) is 9.80 Å². The molecule has 0 bridgehead atoms. The maximum Gasteiger partial charge on any atom is 0.293 e. The molecule has 9 heteroatoms. The number of amides is 1. The van der Waals surface area contributed by atoms with Crippen LogP contribution >= 0.6 is 0 Å². The Balaban J connectivity index is 1.76. The maximum atomic E-state index is 14.0. The number of ether oxygens (including phenoxy) is 1. The molecule has 0 atom stereocenters. The molecule has 0 saturated carbocycles. The van der Waals surface area contributed by atoms with Crippen LogP contribution in [-0.2, 0) is 0 Å². The molecule has 8 nitrogen and oxygen atoms in total. The van der Waals surface area contributed by atoms with Gasteiger partial charge in [0.25, 0.3) is 11.6 Å². The minimum absolute atomic E-state index is 0.106. The summed E-state index contributed by atoms with van der Waals surface area (Å²) < 4.78 is 18.9. The number of methoxy groups -OCH3 is 1. The number of nitrogens with zero attached hydrogens (tertiary/aromatic N) is 3. The fraction of sp³-hybridized carbons (Fsp3) is 0.316. The predicted octanol–water partition coefficient (Wildman–Crippen LogP) is 2.43. The number of hydrogen-bond donors (Lipinski definition) is 1. The highest BCUT2D eigenvalue weighted by atomic mass is 19.1. The van der Waals surface area contributed by atoms with Crippen molar-refractivity contribution in [1.29, 1.82) is 0 Å². The molecule has 28 heavy (non-hydrogen) atoms. The standard InChI is InChI=1S/C19H21FN4O4/c1-21-19(25)13-3-5-16(17(11-13)24(26)27)23-9-7-22(8-10-23)14-4-6-18(28-2)15(20)12-14/h3-6,11-12H,7-10H2,1-2H3,(H,21,25). The number of rotatable bonds is 5. The number of hydrogen-bond acceptors (Lipinski definition) is 6. The van der Waals surface area contributed by atoms with E-state index < -0.39 is 10.7 Å². The minimum Gasteiger partial charge on any atom is -0.494 e. The van der Waals surface area contributed by atoms with E-state index in [9.17, 15) is 19.3 Å². The number of nitrogens with one attached hydrogen (secondary N) is 1. The van der Waals surface area contributed by atoms with Gasteiger partial charge in [0.1, 0.15) is 5.69 Å². The number of carbonyl (C=O) groups is 1. The van der Waals surface area contributed by atoms with Crippen LogP contribution in [0, 0.1) is 15.9 Å². The Bertz CT molecular complexity index is 897. The number of nitro benzene ring substituents is 1. The average Bonchev–Trinajstić information content (AvgIpc) is 2.72. The van der Waals surface area contributed by atoms with Gasteiger partial charge in [-0.05, 0) is 24.3 Å². The SMILES string of the molecule is CNC(=O)c1ccc(N2CCN(c3ccc(OC)c(F)c3)CC2)c([N+](=O)[O-])c1. The highest BCUT2D eigenvalue weighted by molar-refractivity contribution is 5.95. The van der Waals surface area contributed by atoms with Gasteiger partial charge in [0, 0.05) is 56.6 Å². The smallest absolute Gasteiger partial charge is 0.293 e. The molecule has 1 heterocycles. The molecule has 2 aromatic rings. The van der Waals surface area contributed by atoms with Gasteiger partial charge in [-0.2, -0.15) is 0 Å². The molecule has 0 spiro atoms. The van der Waals surface area contributed by atoms with E-state index in [1.54, 1.807) is 24.3 Å². The summed E-state index contributed by atoms with van der Waals surface area (Å²) in [6.07, 6.45) is 0. The number of nitro groups is 1. The molecule has 1 aliphatic heterocycles. The van der Waals surface area contributed by atoms with Crippen LogP contribution in [0.2, 0.25) is 0 Å². The Labute approximate surface area is 161 Å². The second-order valence-corrected chi connectivity index (χ2v) is 6.33. The van der Waals surface area contributed by atoms with E-state index in [1.165, 1.54) is 26.3 Å². The second kappa shape index (κ2) is 8.12. The molecular formula is C19H21FN4O4. The number of halogens is 1. The van der Waals surface area contributed by atoms with Gasteiger partial charge in [-0.15, -0.1) is 0 Å². The maximum absolute atomic E-state index is 14.0. The third-order valence-corrected chi connectivity index (χ3v) is 4.78. The first-order valence-electron chi connectivity index (χ1n) is 8.78. The van der Waals surface area contributed by atoms with Crippen molar-refractivity contribution in [1.82, 2.24) is 5.32 Å². The van der Waals surface area contributed by atoms with E-state index in [-0.39, 0.29) is 22.9 Å². The third-order valence-electron chi connectivity index (χ3n) is 4.78. The second-order valence-electron chi connectivity index (χ2n) is 6.33. The molecule has 3 rings (SSSR count). The Morgan fingerprint density at radius 3 is 2.39 bits per heavy atom. The van der Waals surface area contributed by atoms with Crippen LogP contribution in [0.5, 0.6) is 5.75 Å². The Morgan fingerprint density at radius 2 is 1.82 bits per heavy atom. The first-order valence-corrected chi connectivity index (χ1v) is 8.78. The predicted molar refractivity (Wildman–Crippen MR) is 104 cm³/mol. The van der Waals surface area contributed by atoms with Gasteiger partial charge in [-0.25, -0.2) is 4.39 Å². The molecule has 1 amide bonds. The Morgan fingerprint density at radius 1 is 1.14 bits per heavy atom. The molecule has 0 aliphatic carbocycles. The topological polar surface area (TPSA) is 88.0 Å². The summed E-state index contributed by atoms with van der Waals surface area (Å²) in [5.74, 6) is -0.613. The molecule has 1 saturated heterocycles. The zero-order chi connectivity index (χ0) is 20.3. The van der Waals surface area contributed by atoms with Crippen LogP contribution in [-0.4, -0.2) is 51.2 Å². The Hall–Kier alpha value is -3.36. The minimum atomic E-state index is -0.479. The molecule has 0 radical (unpaired) electrons. The lowest BCUT2D eigenvalue weighted by Crippen LogP contribution is -2.46. The highest BCUT2D eigenvalue weighted by Crippen LogP contribution is 2.31. The van der Waals surface area contributed by atoms with Crippen LogP contribution in [0.4, 0.5) is 21.5 Å². The first-order chi connectivity index (χ1) is 13.4. The fourth-order valence-electron chi connectivity index (χ4n) is 3.28. The van der Waals surface area contributed by atoms with E-state index in [4.69, 9.17) is 4.74 Å². The lowest BCUT2D eigenvalue weighted by atomic mass is 10.1. The van der Waals surface area contributed by atoms with E-state index in [2.05, 4.69) is 5.32 Å². The largest absolute Gasteiger partial charge is 0.494 e. The lowest BCUT2D eigenvalue weighted by molar-refractivity contribution is -0.384. The molecule has 2 aromatic carbocycles. The molecule has 1 N–H and O–H groups in total. The molecule has 148 valence electrons. The van der Waals surface area contributed by atoms with Crippen molar-refractivity contribution in [2.24, 2.45) is 0 Å². The van der Waals surface area contributed by atoms with Gasteiger partial charge < -0.3 is 19.9 Å². The monoisotopic (exact) mass is 388 g/mol. The van der Waals surface area contributed by atoms with Gasteiger partial charge in [-0.1, -0.05) is 0 Å². The van der Waals surface area contributed by atoms with Gasteiger partial charge in [0.05, 0.1) is 12.0 Å². The first kappa shape index (κ1) is 19.4. The van der Waals surface area contributed by atoms with Crippen molar-refractivity contribution in [2.75, 3.05) is 50.1 Å². The summed E-state index contributed by atoms with van der Waals surface area (Å²) in [4.78, 5) is 26.7. The van der Waals surface area contributed by atoms with Gasteiger partial charge >= 0.3 is 0 Å². The Kier molecular flexibility index (Phi) is 5.62. The number of piperazine rings is 1. The highest BCUT2D eigenvalue weighted by Gasteiger charge is 2.25. The fourth-order valence-corrected chi connectivity index (χ4v) is 3.28. The third kappa shape index (κ3) is 3.83. The van der Waals surface area contributed by atoms with E-state index in [0.717, 1.165) is 5.69 Å². The van der Waals surface area contributed by atoms with Crippen molar-refractivity contribution < 1.29 is 18.8 Å². The summed E-state index contributed by atoms with van der Waals surface area (Å²) in [5, 5.41) is 14.0. The van der Waals surface area contributed by atoms with Crippen molar-refractivity contribution >= 4 is 23.0 Å².